The van der Waals surface area contributed by atoms with Crippen LogP contribution in [0.4, 0.5) is 43.8 Å². The molecule has 0 saturated heterocycles. The number of benzene rings is 2. The third-order valence-corrected chi connectivity index (χ3v) is 6.27. The summed E-state index contributed by atoms with van der Waals surface area (Å²) in [7, 11) is -3.53. The van der Waals surface area contributed by atoms with Crippen molar-refractivity contribution >= 4 is 27.5 Å². The number of hydrogen-bond acceptors (Lipinski definition) is 8. The number of halogens is 6. The fourth-order valence-electron chi connectivity index (χ4n) is 2.95. The molecule has 0 saturated carbocycles. The smallest absolute Gasteiger partial charge is 0.246 e. The van der Waals surface area contributed by atoms with E-state index in [2.05, 4.69) is 20.6 Å². The second-order valence-electron chi connectivity index (χ2n) is 7.46. The predicted octanol–water partition coefficient (Wildman–Crippen LogP) is 3.86. The van der Waals surface area contributed by atoms with Gasteiger partial charge >= 0.3 is 0 Å². The quantitative estimate of drug-likeness (QED) is 0.124. The molecule has 3 N–H and O–H groups in total. The molecule has 0 fully saturated rings. The molecular weight excluding hydrogens is 544 g/mol. The Balaban J connectivity index is 1.55. The lowest BCUT2D eigenvalue weighted by atomic mass is 10.3. The van der Waals surface area contributed by atoms with Crippen LogP contribution in [0.2, 0.25) is 0 Å². The van der Waals surface area contributed by atoms with Crippen molar-refractivity contribution in [1.29, 1.82) is 0 Å². The number of nitrogens with zero attached hydrogens (tertiary/aromatic N) is 2. The van der Waals surface area contributed by atoms with E-state index in [1.54, 1.807) is 36.1 Å². The summed E-state index contributed by atoms with van der Waals surface area (Å²) in [4.78, 5) is 5.82. The van der Waals surface area contributed by atoms with Gasteiger partial charge in [0, 0.05) is 25.9 Å². The molecule has 16 heteroatoms. The molecule has 0 atom stereocenters. The first kappa shape index (κ1) is 28.9. The van der Waals surface area contributed by atoms with Gasteiger partial charge in [-0.25, -0.2) is 44.5 Å². The van der Waals surface area contributed by atoms with Crippen molar-refractivity contribution in [2.75, 3.05) is 44.0 Å². The van der Waals surface area contributed by atoms with Crippen LogP contribution in [0.25, 0.3) is 0 Å². The van der Waals surface area contributed by atoms with Crippen LogP contribution in [-0.2, 0) is 14.8 Å². The van der Waals surface area contributed by atoms with Crippen molar-refractivity contribution in [2.24, 2.45) is 0 Å². The molecule has 2 aromatic carbocycles. The van der Waals surface area contributed by atoms with Crippen LogP contribution in [0.15, 0.2) is 35.4 Å². The maximum absolute atomic E-state index is 14.1. The minimum Gasteiger partial charge on any atom is -0.491 e. The molecule has 38 heavy (non-hydrogen) atoms. The summed E-state index contributed by atoms with van der Waals surface area (Å²) in [6.07, 6.45) is 0.817. The Kier molecular flexibility index (Phi) is 9.71. The molecule has 0 spiro atoms. The normalized spacial score (nSPS) is 11.4. The van der Waals surface area contributed by atoms with Crippen LogP contribution in [-0.4, -0.2) is 51.8 Å². The standard InChI is InChI=1S/C22H21F6N5O4S/c1-36-9-10-37-13-5-3-12(4-6-13)32-22-30-11-14(23)21(33-22)29-7-2-8-31-38(34,35)20-18(27)16(25)15(24)17(26)19(20)28/h3-6,11,31H,2,7-10H2,1H3,(H2,29,30,32,33). The first-order valence-electron chi connectivity index (χ1n) is 10.8. The van der Waals surface area contributed by atoms with Crippen molar-refractivity contribution < 1.29 is 44.2 Å². The Morgan fingerprint density at radius 1 is 0.868 bits per heavy atom. The van der Waals surface area contributed by atoms with E-state index < -0.39 is 56.4 Å². The fraction of sp³-hybridized carbons (Fsp3) is 0.273. The summed E-state index contributed by atoms with van der Waals surface area (Å²) in [6, 6.07) is 6.74. The van der Waals surface area contributed by atoms with E-state index in [0.29, 0.717) is 24.7 Å². The molecule has 1 heterocycles. The molecule has 1 aromatic heterocycles. The average Bonchev–Trinajstić information content (AvgIpc) is 2.89. The highest BCUT2D eigenvalue weighted by atomic mass is 32.2. The van der Waals surface area contributed by atoms with Crippen molar-refractivity contribution in [3.8, 4) is 5.75 Å². The minimum atomic E-state index is -5.09. The Labute approximate surface area is 213 Å². The average molecular weight is 565 g/mol. The van der Waals surface area contributed by atoms with Crippen LogP contribution in [0, 0.1) is 34.9 Å². The zero-order chi connectivity index (χ0) is 27.9. The summed E-state index contributed by atoms with van der Waals surface area (Å²) in [5, 5.41) is 5.47. The molecule has 0 bridgehead atoms. The van der Waals surface area contributed by atoms with Gasteiger partial charge in [0.25, 0.3) is 0 Å². The zero-order valence-electron chi connectivity index (χ0n) is 19.6. The van der Waals surface area contributed by atoms with Crippen LogP contribution in [0.5, 0.6) is 5.75 Å². The Bertz CT molecular complexity index is 1350. The summed E-state index contributed by atoms with van der Waals surface area (Å²) in [5.74, 6) is -12.6. The van der Waals surface area contributed by atoms with Crippen LogP contribution < -0.4 is 20.1 Å². The van der Waals surface area contributed by atoms with Gasteiger partial charge < -0.3 is 20.1 Å². The van der Waals surface area contributed by atoms with E-state index in [1.165, 1.54) is 0 Å². The van der Waals surface area contributed by atoms with E-state index >= 15 is 0 Å². The van der Waals surface area contributed by atoms with Gasteiger partial charge in [-0.3, -0.25) is 0 Å². The Morgan fingerprint density at radius 3 is 2.13 bits per heavy atom. The van der Waals surface area contributed by atoms with E-state index in [-0.39, 0.29) is 24.7 Å². The highest BCUT2D eigenvalue weighted by molar-refractivity contribution is 7.89. The summed E-state index contributed by atoms with van der Waals surface area (Å²) in [5.41, 5.74) is 0.573. The number of ether oxygens (including phenoxy) is 2. The molecule has 0 radical (unpaired) electrons. The maximum Gasteiger partial charge on any atom is 0.246 e. The number of rotatable bonds is 13. The molecule has 0 aliphatic heterocycles. The fourth-order valence-corrected chi connectivity index (χ4v) is 4.16. The monoisotopic (exact) mass is 565 g/mol. The van der Waals surface area contributed by atoms with Crippen LogP contribution >= 0.6 is 0 Å². The van der Waals surface area contributed by atoms with Gasteiger partial charge in [0.05, 0.1) is 12.8 Å². The first-order chi connectivity index (χ1) is 18.0. The molecule has 206 valence electrons. The van der Waals surface area contributed by atoms with Gasteiger partial charge in [-0.2, -0.15) is 4.98 Å². The van der Waals surface area contributed by atoms with Crippen LogP contribution in [0.1, 0.15) is 6.42 Å². The largest absolute Gasteiger partial charge is 0.491 e. The van der Waals surface area contributed by atoms with Crippen molar-refractivity contribution in [2.45, 2.75) is 11.3 Å². The molecule has 3 rings (SSSR count). The lowest BCUT2D eigenvalue weighted by Crippen LogP contribution is -2.29. The number of nitrogens with one attached hydrogen (secondary N) is 3. The third-order valence-electron chi connectivity index (χ3n) is 4.79. The maximum atomic E-state index is 14.1. The molecular formula is C22H21F6N5O4S. The van der Waals surface area contributed by atoms with E-state index in [1.807, 2.05) is 0 Å². The highest BCUT2D eigenvalue weighted by Gasteiger charge is 2.33. The van der Waals surface area contributed by atoms with Gasteiger partial charge in [-0.05, 0) is 30.7 Å². The summed E-state index contributed by atoms with van der Waals surface area (Å²) < 4.78 is 118. The first-order valence-corrected chi connectivity index (χ1v) is 12.3. The summed E-state index contributed by atoms with van der Waals surface area (Å²) in [6.45, 7) is 0.236. The lowest BCUT2D eigenvalue weighted by molar-refractivity contribution is 0.146. The number of methoxy groups -OCH3 is 1. The molecule has 0 amide bonds. The van der Waals surface area contributed by atoms with Crippen molar-refractivity contribution in [1.82, 2.24) is 14.7 Å². The Hall–Kier alpha value is -3.63. The number of hydrogen-bond donors (Lipinski definition) is 3. The van der Waals surface area contributed by atoms with Gasteiger partial charge in [-0.1, -0.05) is 0 Å². The molecule has 0 unspecified atom stereocenters. The van der Waals surface area contributed by atoms with Gasteiger partial charge in [-0.15, -0.1) is 0 Å². The SMILES string of the molecule is COCCOc1ccc(Nc2ncc(F)c(NCCCNS(=O)(=O)c3c(F)c(F)c(F)c(F)c3F)n2)cc1. The topological polar surface area (TPSA) is 114 Å². The molecule has 9 nitrogen and oxygen atoms in total. The van der Waals surface area contributed by atoms with Crippen molar-refractivity contribution in [3.63, 3.8) is 0 Å². The zero-order valence-corrected chi connectivity index (χ0v) is 20.4. The predicted molar refractivity (Wildman–Crippen MR) is 124 cm³/mol. The second kappa shape index (κ2) is 12.7. The van der Waals surface area contributed by atoms with Gasteiger partial charge in [0.15, 0.2) is 39.8 Å². The summed E-state index contributed by atoms with van der Waals surface area (Å²) >= 11 is 0. The van der Waals surface area contributed by atoms with Gasteiger partial charge in [0.1, 0.15) is 12.4 Å². The van der Waals surface area contributed by atoms with E-state index in [0.717, 1.165) is 6.20 Å². The second-order valence-corrected chi connectivity index (χ2v) is 9.16. The number of anilines is 3. The number of aromatic nitrogens is 2. The van der Waals surface area contributed by atoms with Crippen LogP contribution in [0.3, 0.4) is 0 Å². The number of sulfonamides is 1. The Morgan fingerprint density at radius 2 is 1.50 bits per heavy atom. The van der Waals surface area contributed by atoms with Crippen molar-refractivity contribution in [3.05, 3.63) is 65.4 Å². The van der Waals surface area contributed by atoms with E-state index in [4.69, 9.17) is 9.47 Å². The molecule has 0 aliphatic carbocycles. The van der Waals surface area contributed by atoms with E-state index in [9.17, 15) is 34.8 Å². The molecule has 3 aromatic rings. The lowest BCUT2D eigenvalue weighted by Gasteiger charge is -2.12. The molecule has 0 aliphatic rings. The highest BCUT2D eigenvalue weighted by Crippen LogP contribution is 2.26. The van der Waals surface area contributed by atoms with Gasteiger partial charge in [0.2, 0.25) is 21.8 Å². The minimum absolute atomic E-state index is 0.0361. The third kappa shape index (κ3) is 7.02.